The van der Waals surface area contributed by atoms with Gasteiger partial charge in [0.25, 0.3) is 0 Å². The minimum absolute atomic E-state index is 0.162. The average molecular weight is 270 g/mol. The van der Waals surface area contributed by atoms with E-state index in [0.29, 0.717) is 6.42 Å². The number of carbonyl (C=O) groups is 1. The van der Waals surface area contributed by atoms with Crippen LogP contribution in [0.25, 0.3) is 0 Å². The summed E-state index contributed by atoms with van der Waals surface area (Å²) < 4.78 is 25.6. The van der Waals surface area contributed by atoms with Crippen molar-refractivity contribution in [1.29, 1.82) is 0 Å². The van der Waals surface area contributed by atoms with Crippen molar-refractivity contribution in [2.45, 2.75) is 31.2 Å². The molecule has 0 radical (unpaired) electrons. The maximum atomic E-state index is 12.3. The molecule has 0 fully saturated rings. The third-order valence-electron chi connectivity index (χ3n) is 2.85. The third kappa shape index (κ3) is 2.88. The molecular formula is C12H18N2O3S. The average Bonchev–Trinajstić information content (AvgIpc) is 2.29. The minimum Gasteiger partial charge on any atom is -0.368 e. The van der Waals surface area contributed by atoms with Crippen molar-refractivity contribution in [2.24, 2.45) is 5.73 Å². The van der Waals surface area contributed by atoms with Crippen molar-refractivity contribution >= 4 is 15.9 Å². The Morgan fingerprint density at radius 2 is 1.83 bits per heavy atom. The number of amides is 1. The van der Waals surface area contributed by atoms with Gasteiger partial charge in [-0.1, -0.05) is 24.6 Å². The number of primary amides is 1. The van der Waals surface area contributed by atoms with Gasteiger partial charge in [0, 0.05) is 7.05 Å². The van der Waals surface area contributed by atoms with Crippen LogP contribution < -0.4 is 5.73 Å². The van der Waals surface area contributed by atoms with Gasteiger partial charge in [-0.05, 0) is 25.5 Å². The molecule has 0 aromatic heterocycles. The largest absolute Gasteiger partial charge is 0.368 e. The summed E-state index contributed by atoms with van der Waals surface area (Å²) in [7, 11) is -2.31. The highest BCUT2D eigenvalue weighted by molar-refractivity contribution is 7.89. The summed E-state index contributed by atoms with van der Waals surface area (Å²) in [6.07, 6.45) is 0.344. The van der Waals surface area contributed by atoms with Crippen LogP contribution in [-0.4, -0.2) is 31.7 Å². The van der Waals surface area contributed by atoms with Crippen molar-refractivity contribution < 1.29 is 13.2 Å². The monoisotopic (exact) mass is 270 g/mol. The zero-order valence-corrected chi connectivity index (χ0v) is 11.6. The van der Waals surface area contributed by atoms with E-state index in [-0.39, 0.29) is 4.90 Å². The van der Waals surface area contributed by atoms with Crippen molar-refractivity contribution in [1.82, 2.24) is 4.31 Å². The number of benzene rings is 1. The number of hydrogen-bond donors (Lipinski definition) is 1. The number of hydrogen-bond acceptors (Lipinski definition) is 3. The van der Waals surface area contributed by atoms with E-state index in [0.717, 1.165) is 9.87 Å². The topological polar surface area (TPSA) is 80.5 Å². The molecule has 100 valence electrons. The summed E-state index contributed by atoms with van der Waals surface area (Å²) in [5, 5.41) is 0. The summed E-state index contributed by atoms with van der Waals surface area (Å²) in [6.45, 7) is 3.59. The van der Waals surface area contributed by atoms with Crippen LogP contribution in [-0.2, 0) is 14.8 Å². The Hall–Kier alpha value is -1.40. The zero-order chi connectivity index (χ0) is 13.9. The molecule has 0 aliphatic carbocycles. The number of carbonyl (C=O) groups excluding carboxylic acids is 1. The van der Waals surface area contributed by atoms with Crippen molar-refractivity contribution in [3.05, 3.63) is 29.8 Å². The molecule has 1 rings (SSSR count). The molecule has 1 aromatic rings. The lowest BCUT2D eigenvalue weighted by atomic mass is 10.2. The molecule has 0 aliphatic rings. The lowest BCUT2D eigenvalue weighted by molar-refractivity contribution is -0.121. The fourth-order valence-corrected chi connectivity index (χ4v) is 3.08. The first-order valence-electron chi connectivity index (χ1n) is 5.64. The number of nitrogens with two attached hydrogens (primary N) is 1. The molecule has 5 nitrogen and oxygen atoms in total. The number of rotatable bonds is 5. The number of aryl methyl sites for hydroxylation is 1. The highest BCUT2D eigenvalue weighted by Gasteiger charge is 2.30. The summed E-state index contributed by atoms with van der Waals surface area (Å²) in [6, 6.07) is 5.65. The van der Waals surface area contributed by atoms with Gasteiger partial charge in [0.15, 0.2) is 0 Å². The first kappa shape index (κ1) is 14.7. The summed E-state index contributed by atoms with van der Waals surface area (Å²) in [5.41, 5.74) is 6.17. The van der Waals surface area contributed by atoms with Gasteiger partial charge in [0.05, 0.1) is 4.90 Å². The van der Waals surface area contributed by atoms with Gasteiger partial charge in [-0.3, -0.25) is 4.79 Å². The molecule has 1 aromatic carbocycles. The molecule has 1 amide bonds. The Morgan fingerprint density at radius 3 is 2.22 bits per heavy atom. The van der Waals surface area contributed by atoms with E-state index >= 15 is 0 Å². The van der Waals surface area contributed by atoms with Crippen LogP contribution in [0.5, 0.6) is 0 Å². The Labute approximate surface area is 108 Å². The number of nitrogens with zero attached hydrogens (tertiary/aromatic N) is 1. The van der Waals surface area contributed by atoms with Gasteiger partial charge in [0.1, 0.15) is 6.04 Å². The van der Waals surface area contributed by atoms with Crippen LogP contribution in [0.15, 0.2) is 29.2 Å². The number of likely N-dealkylation sites (N-methyl/N-ethyl adjacent to an activating group) is 1. The molecule has 2 N–H and O–H groups in total. The second kappa shape index (κ2) is 5.49. The van der Waals surface area contributed by atoms with Crippen molar-refractivity contribution in [3.8, 4) is 0 Å². The first-order chi connectivity index (χ1) is 8.30. The van der Waals surface area contributed by atoms with Crippen LogP contribution >= 0.6 is 0 Å². The van der Waals surface area contributed by atoms with Crippen LogP contribution in [0.4, 0.5) is 0 Å². The molecule has 0 saturated carbocycles. The van der Waals surface area contributed by atoms with E-state index in [9.17, 15) is 13.2 Å². The van der Waals surface area contributed by atoms with E-state index < -0.39 is 22.0 Å². The highest BCUT2D eigenvalue weighted by atomic mass is 32.2. The molecule has 6 heteroatoms. The minimum atomic E-state index is -3.68. The van der Waals surface area contributed by atoms with Crippen LogP contribution in [0.1, 0.15) is 18.9 Å². The molecular weight excluding hydrogens is 252 g/mol. The van der Waals surface area contributed by atoms with Crippen LogP contribution in [0.2, 0.25) is 0 Å². The lowest BCUT2D eigenvalue weighted by Gasteiger charge is -2.23. The maximum absolute atomic E-state index is 12.3. The Balaban J connectivity index is 3.13. The lowest BCUT2D eigenvalue weighted by Crippen LogP contribution is -2.45. The second-order valence-corrected chi connectivity index (χ2v) is 6.16. The standard InChI is InChI=1S/C12H18N2O3S/c1-4-11(12(13)15)14(3)18(16,17)10-7-5-9(2)6-8-10/h5-8,11H,4H2,1-3H3,(H2,13,15). The molecule has 1 unspecified atom stereocenters. The first-order valence-corrected chi connectivity index (χ1v) is 7.08. The van der Waals surface area contributed by atoms with Gasteiger partial charge >= 0.3 is 0 Å². The molecule has 18 heavy (non-hydrogen) atoms. The third-order valence-corrected chi connectivity index (χ3v) is 4.73. The molecule has 0 saturated heterocycles. The van der Waals surface area contributed by atoms with E-state index in [4.69, 9.17) is 5.73 Å². The fraction of sp³-hybridized carbons (Fsp3) is 0.417. The molecule has 1 atom stereocenters. The quantitative estimate of drug-likeness (QED) is 0.862. The SMILES string of the molecule is CCC(C(N)=O)N(C)S(=O)(=O)c1ccc(C)cc1. The van der Waals surface area contributed by atoms with E-state index in [1.54, 1.807) is 19.1 Å². The van der Waals surface area contributed by atoms with Gasteiger partial charge < -0.3 is 5.73 Å². The smallest absolute Gasteiger partial charge is 0.243 e. The van der Waals surface area contributed by atoms with Crippen molar-refractivity contribution in [3.63, 3.8) is 0 Å². The Morgan fingerprint density at radius 1 is 1.33 bits per heavy atom. The second-order valence-electron chi connectivity index (χ2n) is 4.16. The van der Waals surface area contributed by atoms with Crippen molar-refractivity contribution in [2.75, 3.05) is 7.05 Å². The number of sulfonamides is 1. The maximum Gasteiger partial charge on any atom is 0.243 e. The molecule has 0 aliphatic heterocycles. The van der Waals surface area contributed by atoms with E-state index in [1.807, 2.05) is 6.92 Å². The highest BCUT2D eigenvalue weighted by Crippen LogP contribution is 2.18. The summed E-state index contributed by atoms with van der Waals surface area (Å²) in [4.78, 5) is 11.4. The van der Waals surface area contributed by atoms with Gasteiger partial charge in [-0.2, -0.15) is 4.31 Å². The van der Waals surface area contributed by atoms with Gasteiger partial charge in [-0.15, -0.1) is 0 Å². The summed E-state index contributed by atoms with van der Waals surface area (Å²) in [5.74, 6) is -0.643. The van der Waals surface area contributed by atoms with Crippen LogP contribution in [0.3, 0.4) is 0 Å². The van der Waals surface area contributed by atoms with E-state index in [2.05, 4.69) is 0 Å². The molecule has 0 heterocycles. The van der Waals surface area contributed by atoms with Gasteiger partial charge in [-0.25, -0.2) is 8.42 Å². The Kier molecular flexibility index (Phi) is 4.48. The molecule has 0 spiro atoms. The predicted octanol–water partition coefficient (Wildman–Crippen LogP) is 0.879. The van der Waals surface area contributed by atoms with Crippen LogP contribution in [0, 0.1) is 6.92 Å². The summed E-state index contributed by atoms with van der Waals surface area (Å²) >= 11 is 0. The Bertz CT molecular complexity index is 523. The fourth-order valence-electron chi connectivity index (χ4n) is 1.68. The van der Waals surface area contributed by atoms with Gasteiger partial charge in [0.2, 0.25) is 15.9 Å². The predicted molar refractivity (Wildman–Crippen MR) is 69.4 cm³/mol. The van der Waals surface area contributed by atoms with E-state index in [1.165, 1.54) is 19.2 Å². The normalized spacial score (nSPS) is 13.6. The molecule has 0 bridgehead atoms. The zero-order valence-electron chi connectivity index (χ0n) is 10.8.